The number of nitrogens with zero attached hydrogens (tertiary/aromatic N) is 1. The van der Waals surface area contributed by atoms with Crippen molar-refractivity contribution in [1.82, 2.24) is 15.2 Å². The molecular weight excluding hydrogens is 317 g/mol. The van der Waals surface area contributed by atoms with Crippen LogP contribution in [0.2, 0.25) is 0 Å². The van der Waals surface area contributed by atoms with E-state index in [1.54, 1.807) is 12.1 Å². The Morgan fingerprint density at radius 3 is 2.72 bits per heavy atom. The van der Waals surface area contributed by atoms with Crippen molar-refractivity contribution in [2.24, 2.45) is 0 Å². The minimum atomic E-state index is -0.284. The number of carbonyl (C=O) groups is 1. The highest BCUT2D eigenvalue weighted by Crippen LogP contribution is 2.25. The number of amides is 1. The van der Waals surface area contributed by atoms with Gasteiger partial charge in [-0.15, -0.1) is 0 Å². The Morgan fingerprint density at radius 2 is 1.92 bits per heavy atom. The molecule has 0 spiro atoms. The van der Waals surface area contributed by atoms with E-state index in [4.69, 9.17) is 0 Å². The summed E-state index contributed by atoms with van der Waals surface area (Å²) < 4.78 is 13.3. The number of carbonyl (C=O) groups excluding carboxylic acids is 1. The number of fused-ring (bicyclic) bond motifs is 1. The van der Waals surface area contributed by atoms with Crippen molar-refractivity contribution in [2.75, 3.05) is 13.1 Å². The maximum Gasteiger partial charge on any atom is 0.267 e. The summed E-state index contributed by atoms with van der Waals surface area (Å²) in [6, 6.07) is 7.16. The Kier molecular flexibility index (Phi) is 4.75. The first-order valence-electron chi connectivity index (χ1n) is 9.52. The fraction of sp³-hybridized carbons (Fsp3) is 0.550. The van der Waals surface area contributed by atoms with Gasteiger partial charge in [0.25, 0.3) is 5.91 Å². The van der Waals surface area contributed by atoms with Crippen LogP contribution in [0, 0.1) is 5.82 Å². The molecule has 4 rings (SSSR count). The smallest absolute Gasteiger partial charge is 0.267 e. The van der Waals surface area contributed by atoms with Crippen molar-refractivity contribution >= 4 is 16.8 Å². The third-order valence-electron chi connectivity index (χ3n) is 5.72. The molecule has 1 saturated heterocycles. The summed E-state index contributed by atoms with van der Waals surface area (Å²) in [5.74, 6) is -0.377. The second kappa shape index (κ2) is 7.16. The van der Waals surface area contributed by atoms with Crippen LogP contribution in [0.25, 0.3) is 10.9 Å². The van der Waals surface area contributed by atoms with Gasteiger partial charge in [0.2, 0.25) is 0 Å². The molecule has 1 atom stereocenters. The quantitative estimate of drug-likeness (QED) is 0.832. The van der Waals surface area contributed by atoms with Gasteiger partial charge in [0.05, 0.1) is 0 Å². The van der Waals surface area contributed by atoms with Crippen LogP contribution in [-0.4, -0.2) is 41.0 Å². The van der Waals surface area contributed by atoms with Gasteiger partial charge < -0.3 is 10.3 Å². The fourth-order valence-corrected chi connectivity index (χ4v) is 4.35. The zero-order valence-corrected chi connectivity index (χ0v) is 14.6. The standard InChI is InChI=1S/C20H26FN3O/c21-15-7-8-18-14(11-15)12-19(23-18)20(25)22-16-9-10-24(13-16)17-5-3-1-2-4-6-17/h7-8,11-12,16-17,23H,1-6,9-10,13H2,(H,22,25). The van der Waals surface area contributed by atoms with Crippen molar-refractivity contribution in [1.29, 1.82) is 0 Å². The summed E-state index contributed by atoms with van der Waals surface area (Å²) in [5.41, 5.74) is 1.30. The van der Waals surface area contributed by atoms with Crippen molar-refractivity contribution in [3.8, 4) is 0 Å². The number of likely N-dealkylation sites (tertiary alicyclic amines) is 1. The van der Waals surface area contributed by atoms with Crippen molar-refractivity contribution < 1.29 is 9.18 Å². The van der Waals surface area contributed by atoms with Crippen LogP contribution < -0.4 is 5.32 Å². The first-order chi connectivity index (χ1) is 12.2. The van der Waals surface area contributed by atoms with E-state index in [1.165, 1.54) is 50.7 Å². The average molecular weight is 343 g/mol. The van der Waals surface area contributed by atoms with Crippen LogP contribution >= 0.6 is 0 Å². The highest BCUT2D eigenvalue weighted by atomic mass is 19.1. The molecule has 0 bridgehead atoms. The van der Waals surface area contributed by atoms with Crippen LogP contribution in [0.15, 0.2) is 24.3 Å². The molecule has 2 aliphatic rings. The van der Waals surface area contributed by atoms with Gasteiger partial charge in [0, 0.05) is 36.1 Å². The molecule has 1 aromatic heterocycles. The second-order valence-electron chi connectivity index (χ2n) is 7.51. The molecule has 1 amide bonds. The number of benzene rings is 1. The SMILES string of the molecule is O=C(NC1CCN(C2CCCCCC2)C1)c1cc2cc(F)ccc2[nH]1. The van der Waals surface area contributed by atoms with E-state index in [-0.39, 0.29) is 17.8 Å². The predicted octanol–water partition coefficient (Wildman–Crippen LogP) is 3.83. The summed E-state index contributed by atoms with van der Waals surface area (Å²) in [6.45, 7) is 2.03. The lowest BCUT2D eigenvalue weighted by molar-refractivity contribution is 0.0931. The number of aromatic amines is 1. The molecule has 25 heavy (non-hydrogen) atoms. The average Bonchev–Trinajstić information content (AvgIpc) is 3.14. The zero-order chi connectivity index (χ0) is 17.2. The first kappa shape index (κ1) is 16.6. The molecule has 2 heterocycles. The largest absolute Gasteiger partial charge is 0.351 e. The molecule has 0 radical (unpaired) electrons. The van der Waals surface area contributed by atoms with Crippen molar-refractivity contribution in [2.45, 2.75) is 57.0 Å². The maximum atomic E-state index is 13.3. The summed E-state index contributed by atoms with van der Waals surface area (Å²) in [5, 5.41) is 3.88. The lowest BCUT2D eigenvalue weighted by atomic mass is 10.1. The van der Waals surface area contributed by atoms with Crippen LogP contribution in [0.1, 0.15) is 55.4 Å². The van der Waals surface area contributed by atoms with E-state index >= 15 is 0 Å². The molecule has 5 heteroatoms. The van der Waals surface area contributed by atoms with Crippen LogP contribution in [0.3, 0.4) is 0 Å². The normalized spacial score (nSPS) is 23.0. The second-order valence-corrected chi connectivity index (χ2v) is 7.51. The lowest BCUT2D eigenvalue weighted by Gasteiger charge is -2.26. The molecule has 2 N–H and O–H groups in total. The number of nitrogens with one attached hydrogen (secondary N) is 2. The van der Waals surface area contributed by atoms with Gasteiger partial charge in [0.1, 0.15) is 11.5 Å². The fourth-order valence-electron chi connectivity index (χ4n) is 4.35. The van der Waals surface area contributed by atoms with E-state index in [0.717, 1.165) is 30.4 Å². The minimum absolute atomic E-state index is 0.0932. The van der Waals surface area contributed by atoms with Gasteiger partial charge >= 0.3 is 0 Å². The zero-order valence-electron chi connectivity index (χ0n) is 14.6. The summed E-state index contributed by atoms with van der Waals surface area (Å²) in [7, 11) is 0. The van der Waals surface area contributed by atoms with Gasteiger partial charge in [-0.05, 0) is 43.5 Å². The van der Waals surface area contributed by atoms with Crippen LogP contribution in [-0.2, 0) is 0 Å². The van der Waals surface area contributed by atoms with Crippen LogP contribution in [0.5, 0.6) is 0 Å². The van der Waals surface area contributed by atoms with Crippen molar-refractivity contribution in [3.63, 3.8) is 0 Å². The number of hydrogen-bond donors (Lipinski definition) is 2. The molecule has 2 aromatic rings. The number of halogens is 1. The monoisotopic (exact) mass is 343 g/mol. The molecule has 1 saturated carbocycles. The topological polar surface area (TPSA) is 48.1 Å². The molecule has 4 nitrogen and oxygen atoms in total. The molecule has 1 aliphatic carbocycles. The Balaban J connectivity index is 1.37. The minimum Gasteiger partial charge on any atom is -0.351 e. The first-order valence-corrected chi connectivity index (χ1v) is 9.52. The molecule has 2 fully saturated rings. The molecule has 1 unspecified atom stereocenters. The van der Waals surface area contributed by atoms with Gasteiger partial charge in [0.15, 0.2) is 0 Å². The number of H-pyrrole nitrogens is 1. The lowest BCUT2D eigenvalue weighted by Crippen LogP contribution is -2.39. The molecule has 1 aromatic carbocycles. The van der Waals surface area contributed by atoms with Crippen LogP contribution in [0.4, 0.5) is 4.39 Å². The summed E-state index contributed by atoms with van der Waals surface area (Å²) >= 11 is 0. The Labute approximate surface area is 147 Å². The Bertz CT molecular complexity index is 748. The van der Waals surface area contributed by atoms with Crippen molar-refractivity contribution in [3.05, 3.63) is 35.8 Å². The van der Waals surface area contributed by atoms with E-state index in [9.17, 15) is 9.18 Å². The molecular formula is C20H26FN3O. The van der Waals surface area contributed by atoms with Gasteiger partial charge in [-0.1, -0.05) is 25.7 Å². The van der Waals surface area contributed by atoms with E-state index < -0.39 is 0 Å². The number of rotatable bonds is 3. The van der Waals surface area contributed by atoms with Gasteiger partial charge in [-0.3, -0.25) is 9.69 Å². The maximum absolute atomic E-state index is 13.3. The number of aromatic nitrogens is 1. The van der Waals surface area contributed by atoms with E-state index in [2.05, 4.69) is 15.2 Å². The molecule has 1 aliphatic heterocycles. The van der Waals surface area contributed by atoms with Gasteiger partial charge in [-0.25, -0.2) is 4.39 Å². The predicted molar refractivity (Wildman–Crippen MR) is 97.2 cm³/mol. The summed E-state index contributed by atoms with van der Waals surface area (Å²) in [4.78, 5) is 18.2. The highest BCUT2D eigenvalue weighted by molar-refractivity contribution is 5.98. The highest BCUT2D eigenvalue weighted by Gasteiger charge is 2.29. The third kappa shape index (κ3) is 3.71. The number of hydrogen-bond acceptors (Lipinski definition) is 2. The molecule has 134 valence electrons. The third-order valence-corrected chi connectivity index (χ3v) is 5.72. The van der Waals surface area contributed by atoms with Gasteiger partial charge in [-0.2, -0.15) is 0 Å². The Hall–Kier alpha value is -1.88. The Morgan fingerprint density at radius 1 is 1.12 bits per heavy atom. The summed E-state index contributed by atoms with van der Waals surface area (Å²) in [6.07, 6.45) is 9.02. The van der Waals surface area contributed by atoms with E-state index in [1.807, 2.05) is 0 Å². The van der Waals surface area contributed by atoms with E-state index in [0.29, 0.717) is 11.7 Å².